The summed E-state index contributed by atoms with van der Waals surface area (Å²) in [6.07, 6.45) is -1.77. The number of halogens is 3. The summed E-state index contributed by atoms with van der Waals surface area (Å²) >= 11 is 1.74. The van der Waals surface area contributed by atoms with Crippen LogP contribution in [0, 0.1) is 5.92 Å². The van der Waals surface area contributed by atoms with Crippen LogP contribution in [0.1, 0.15) is 18.4 Å². The van der Waals surface area contributed by atoms with E-state index in [0.29, 0.717) is 5.25 Å². The molecule has 1 unspecified atom stereocenters. The number of hydrogen-bond acceptors (Lipinski definition) is 2. The molecule has 1 aromatic rings. The first-order chi connectivity index (χ1) is 9.02. The number of benzene rings is 1. The van der Waals surface area contributed by atoms with Gasteiger partial charge in [-0.1, -0.05) is 0 Å². The maximum atomic E-state index is 12.5. The van der Waals surface area contributed by atoms with Crippen molar-refractivity contribution >= 4 is 11.8 Å². The molecular formula is C14H16F3NS. The lowest BCUT2D eigenvalue weighted by atomic mass is 9.88. The van der Waals surface area contributed by atoms with E-state index in [2.05, 4.69) is 4.90 Å². The molecular weight excluding hydrogens is 271 g/mol. The molecule has 0 amide bonds. The zero-order valence-corrected chi connectivity index (χ0v) is 11.3. The van der Waals surface area contributed by atoms with E-state index in [1.54, 1.807) is 23.9 Å². The molecule has 104 valence electrons. The quantitative estimate of drug-likeness (QED) is 0.812. The van der Waals surface area contributed by atoms with Crippen molar-refractivity contribution < 1.29 is 13.2 Å². The molecule has 5 heteroatoms. The van der Waals surface area contributed by atoms with E-state index in [0.717, 1.165) is 17.4 Å². The van der Waals surface area contributed by atoms with E-state index in [9.17, 15) is 13.2 Å². The first-order valence-corrected chi connectivity index (χ1v) is 7.46. The van der Waals surface area contributed by atoms with Gasteiger partial charge < -0.3 is 4.90 Å². The number of piperidine rings is 3. The van der Waals surface area contributed by atoms with Crippen molar-refractivity contribution in [2.75, 3.05) is 19.6 Å². The molecule has 3 fully saturated rings. The van der Waals surface area contributed by atoms with Gasteiger partial charge in [0.15, 0.2) is 0 Å². The third kappa shape index (κ3) is 2.92. The van der Waals surface area contributed by atoms with Gasteiger partial charge in [-0.25, -0.2) is 0 Å². The van der Waals surface area contributed by atoms with Crippen LogP contribution in [0.4, 0.5) is 13.2 Å². The van der Waals surface area contributed by atoms with Gasteiger partial charge in [0.25, 0.3) is 0 Å². The van der Waals surface area contributed by atoms with Crippen LogP contribution in [-0.4, -0.2) is 29.8 Å². The third-order valence-corrected chi connectivity index (χ3v) is 5.45. The highest BCUT2D eigenvalue weighted by Crippen LogP contribution is 2.39. The summed E-state index contributed by atoms with van der Waals surface area (Å²) < 4.78 is 37.5. The topological polar surface area (TPSA) is 3.24 Å². The normalized spacial score (nSPS) is 30.6. The number of rotatable bonds is 2. The number of thioether (sulfide) groups is 1. The maximum absolute atomic E-state index is 12.5. The Morgan fingerprint density at radius 3 is 2.16 bits per heavy atom. The lowest BCUT2D eigenvalue weighted by molar-refractivity contribution is -0.137. The summed E-state index contributed by atoms with van der Waals surface area (Å²) in [5.74, 6) is 0.734. The highest BCUT2D eigenvalue weighted by molar-refractivity contribution is 8.00. The summed E-state index contributed by atoms with van der Waals surface area (Å²) in [4.78, 5) is 3.41. The van der Waals surface area contributed by atoms with Crippen LogP contribution >= 0.6 is 11.8 Å². The van der Waals surface area contributed by atoms with Gasteiger partial charge in [0.05, 0.1) is 5.56 Å². The fraction of sp³-hybridized carbons (Fsp3) is 0.571. The Balaban J connectivity index is 1.67. The van der Waals surface area contributed by atoms with E-state index in [1.807, 2.05) is 0 Å². The smallest absolute Gasteiger partial charge is 0.302 e. The Morgan fingerprint density at radius 2 is 1.68 bits per heavy atom. The van der Waals surface area contributed by atoms with Gasteiger partial charge in [0, 0.05) is 16.7 Å². The molecule has 1 atom stereocenters. The zero-order valence-electron chi connectivity index (χ0n) is 10.5. The SMILES string of the molecule is FC(F)(F)c1ccc(SC2CN3CCC2CC3)cc1. The lowest BCUT2D eigenvalue weighted by Crippen LogP contribution is -2.48. The Hall–Kier alpha value is -0.680. The number of fused-ring (bicyclic) bond motifs is 3. The molecule has 0 spiro atoms. The highest BCUT2D eigenvalue weighted by Gasteiger charge is 2.35. The molecule has 0 N–H and O–H groups in total. The summed E-state index contributed by atoms with van der Waals surface area (Å²) in [7, 11) is 0. The van der Waals surface area contributed by atoms with Crippen molar-refractivity contribution in [3.8, 4) is 0 Å². The van der Waals surface area contributed by atoms with Gasteiger partial charge in [0.2, 0.25) is 0 Å². The average Bonchev–Trinajstić information content (AvgIpc) is 2.40. The Kier molecular flexibility index (Phi) is 3.52. The van der Waals surface area contributed by atoms with E-state index in [4.69, 9.17) is 0 Å². The largest absolute Gasteiger partial charge is 0.416 e. The monoisotopic (exact) mass is 287 g/mol. The standard InChI is InChI=1S/C14H16F3NS/c15-14(16,17)11-1-3-12(4-2-11)19-13-9-18-7-5-10(13)6-8-18/h1-4,10,13H,5-9H2. The Labute approximate surface area is 115 Å². The molecule has 1 aromatic carbocycles. The average molecular weight is 287 g/mol. The van der Waals surface area contributed by atoms with Crippen LogP contribution in [0.2, 0.25) is 0 Å². The van der Waals surface area contributed by atoms with Gasteiger partial charge in [0.1, 0.15) is 0 Å². The van der Waals surface area contributed by atoms with Crippen LogP contribution < -0.4 is 0 Å². The molecule has 2 bridgehead atoms. The first kappa shape index (κ1) is 13.3. The predicted molar refractivity (Wildman–Crippen MR) is 70.3 cm³/mol. The van der Waals surface area contributed by atoms with Gasteiger partial charge in [-0.2, -0.15) is 13.2 Å². The number of nitrogens with zero attached hydrogens (tertiary/aromatic N) is 1. The third-order valence-electron chi connectivity index (χ3n) is 4.07. The minimum atomic E-state index is -4.24. The van der Waals surface area contributed by atoms with Crippen molar-refractivity contribution in [2.24, 2.45) is 5.92 Å². The maximum Gasteiger partial charge on any atom is 0.416 e. The summed E-state index contributed by atoms with van der Waals surface area (Å²) in [5, 5.41) is 0.541. The van der Waals surface area contributed by atoms with Crippen LogP contribution in [0.25, 0.3) is 0 Å². The van der Waals surface area contributed by atoms with Gasteiger partial charge in [-0.15, -0.1) is 11.8 Å². The van der Waals surface area contributed by atoms with Crippen molar-refractivity contribution in [2.45, 2.75) is 29.2 Å². The van der Waals surface area contributed by atoms with Crippen molar-refractivity contribution in [3.63, 3.8) is 0 Å². The molecule has 0 aromatic heterocycles. The molecule has 3 heterocycles. The van der Waals surface area contributed by atoms with Crippen LogP contribution in [0.15, 0.2) is 29.2 Å². The van der Waals surface area contributed by atoms with Gasteiger partial charge in [-0.3, -0.25) is 0 Å². The first-order valence-electron chi connectivity index (χ1n) is 6.58. The minimum absolute atomic E-state index is 0.541. The molecule has 3 saturated heterocycles. The van der Waals surface area contributed by atoms with E-state index in [1.165, 1.54) is 38.1 Å². The summed E-state index contributed by atoms with van der Waals surface area (Å²) in [5.41, 5.74) is -0.564. The molecule has 0 saturated carbocycles. The molecule has 0 aliphatic carbocycles. The fourth-order valence-electron chi connectivity index (χ4n) is 2.94. The van der Waals surface area contributed by atoms with Gasteiger partial charge >= 0.3 is 6.18 Å². The van der Waals surface area contributed by atoms with E-state index in [-0.39, 0.29) is 0 Å². The van der Waals surface area contributed by atoms with Crippen LogP contribution in [0.5, 0.6) is 0 Å². The van der Waals surface area contributed by atoms with E-state index < -0.39 is 11.7 Å². The second-order valence-corrected chi connectivity index (χ2v) is 6.63. The summed E-state index contributed by atoms with van der Waals surface area (Å²) in [6.45, 7) is 3.46. The highest BCUT2D eigenvalue weighted by atomic mass is 32.2. The minimum Gasteiger partial charge on any atom is -0.302 e. The molecule has 3 aliphatic rings. The zero-order chi connectivity index (χ0) is 13.5. The molecule has 1 nitrogen and oxygen atoms in total. The van der Waals surface area contributed by atoms with Crippen LogP contribution in [0.3, 0.4) is 0 Å². The fourth-order valence-corrected chi connectivity index (χ4v) is 4.33. The molecule has 0 radical (unpaired) electrons. The number of alkyl halides is 3. The van der Waals surface area contributed by atoms with E-state index >= 15 is 0 Å². The second-order valence-electron chi connectivity index (χ2n) is 5.32. The lowest BCUT2D eigenvalue weighted by Gasteiger charge is -2.44. The van der Waals surface area contributed by atoms with Crippen molar-refractivity contribution in [1.82, 2.24) is 4.90 Å². The molecule has 19 heavy (non-hydrogen) atoms. The molecule has 3 aliphatic heterocycles. The molecule has 4 rings (SSSR count). The Bertz CT molecular complexity index is 435. The van der Waals surface area contributed by atoms with Crippen LogP contribution in [-0.2, 0) is 6.18 Å². The van der Waals surface area contributed by atoms with Gasteiger partial charge in [-0.05, 0) is 56.1 Å². The second kappa shape index (κ2) is 5.02. The number of hydrogen-bond donors (Lipinski definition) is 0. The van der Waals surface area contributed by atoms with Crippen molar-refractivity contribution in [3.05, 3.63) is 29.8 Å². The Morgan fingerprint density at radius 1 is 1.05 bits per heavy atom. The predicted octanol–water partition coefficient (Wildman–Crippen LogP) is 3.89. The summed E-state index contributed by atoms with van der Waals surface area (Å²) in [6, 6.07) is 5.57. The van der Waals surface area contributed by atoms with Crippen molar-refractivity contribution in [1.29, 1.82) is 0 Å².